The molecule has 0 radical (unpaired) electrons. The van der Waals surface area contributed by atoms with Crippen molar-refractivity contribution in [2.24, 2.45) is 17.8 Å². The molecule has 48 heavy (non-hydrogen) atoms. The summed E-state index contributed by atoms with van der Waals surface area (Å²) in [4.78, 5) is 0. The van der Waals surface area contributed by atoms with E-state index < -0.39 is 0 Å². The van der Waals surface area contributed by atoms with Crippen LogP contribution < -0.4 is 0 Å². The fourth-order valence-electron chi connectivity index (χ4n) is 8.10. The summed E-state index contributed by atoms with van der Waals surface area (Å²) < 4.78 is 0. The quantitative estimate of drug-likeness (QED) is 0.0586. The molecular formula is C46H92S2. The SMILES string of the molecule is CCCCCCCCCCCCCCCCCCSCC(C)C1CCC(C)C(SCCCCCCCCCCCCCCCCCC)C1. The third-order valence-corrected chi connectivity index (χ3v) is 14.8. The van der Waals surface area contributed by atoms with Crippen LogP contribution in [0.25, 0.3) is 0 Å². The standard InChI is InChI=1S/C46H92S2/c1-5-7-9-11-13-15-17-19-21-23-25-27-29-31-33-35-39-47-42-44(4)45-38-37-43(3)46(41-45)48-40-36-34-32-30-28-26-24-22-20-18-16-14-12-10-8-6-2/h43-46H,5-42H2,1-4H3. The molecule has 0 nitrogen and oxygen atoms in total. The molecule has 0 heterocycles. The summed E-state index contributed by atoms with van der Waals surface area (Å²) in [5.74, 6) is 7.09. The first-order chi connectivity index (χ1) is 23.7. The average Bonchev–Trinajstić information content (AvgIpc) is 3.09. The molecule has 1 aliphatic rings. The second kappa shape index (κ2) is 37.5. The molecule has 2 heteroatoms. The van der Waals surface area contributed by atoms with Crippen LogP contribution >= 0.6 is 23.5 Å². The summed E-state index contributed by atoms with van der Waals surface area (Å²) in [6.07, 6.45) is 51.6. The Bertz CT molecular complexity index is 605. The Labute approximate surface area is 314 Å². The van der Waals surface area contributed by atoms with Crippen LogP contribution in [0.4, 0.5) is 0 Å². The van der Waals surface area contributed by atoms with E-state index in [1.807, 2.05) is 0 Å². The molecule has 1 fully saturated rings. The van der Waals surface area contributed by atoms with Gasteiger partial charge in [-0.3, -0.25) is 0 Å². The zero-order chi connectivity index (χ0) is 34.6. The fourth-order valence-corrected chi connectivity index (χ4v) is 10.8. The van der Waals surface area contributed by atoms with Gasteiger partial charge in [0.1, 0.15) is 0 Å². The summed E-state index contributed by atoms with van der Waals surface area (Å²) in [5, 5.41) is 0.938. The van der Waals surface area contributed by atoms with Crippen LogP contribution in [-0.2, 0) is 0 Å². The second-order valence-corrected chi connectivity index (χ2v) is 19.1. The molecule has 0 bridgehead atoms. The van der Waals surface area contributed by atoms with Gasteiger partial charge in [0.15, 0.2) is 0 Å². The maximum Gasteiger partial charge on any atom is 0.00754 e. The number of hydrogen-bond acceptors (Lipinski definition) is 2. The molecule has 0 amide bonds. The van der Waals surface area contributed by atoms with E-state index in [2.05, 4.69) is 51.2 Å². The summed E-state index contributed by atoms with van der Waals surface area (Å²) in [5.41, 5.74) is 0. The van der Waals surface area contributed by atoms with Crippen LogP contribution in [0.2, 0.25) is 0 Å². The van der Waals surface area contributed by atoms with Crippen molar-refractivity contribution in [1.82, 2.24) is 0 Å². The molecule has 4 unspecified atom stereocenters. The Balaban J connectivity index is 1.88. The van der Waals surface area contributed by atoms with E-state index in [1.54, 1.807) is 0 Å². The van der Waals surface area contributed by atoms with E-state index >= 15 is 0 Å². The Morgan fingerprint density at radius 2 is 0.771 bits per heavy atom. The van der Waals surface area contributed by atoms with Crippen LogP contribution in [0.1, 0.15) is 252 Å². The fraction of sp³-hybridized carbons (Fsp3) is 1.00. The van der Waals surface area contributed by atoms with E-state index in [-0.39, 0.29) is 0 Å². The molecule has 1 rings (SSSR count). The monoisotopic (exact) mass is 709 g/mol. The summed E-state index contributed by atoms with van der Waals surface area (Å²) >= 11 is 4.64. The van der Waals surface area contributed by atoms with Gasteiger partial charge in [0.2, 0.25) is 0 Å². The van der Waals surface area contributed by atoms with Gasteiger partial charge in [0, 0.05) is 5.25 Å². The molecule has 0 spiro atoms. The maximum atomic E-state index is 2.58. The smallest absolute Gasteiger partial charge is 0.00754 e. The van der Waals surface area contributed by atoms with Crippen LogP contribution in [0.15, 0.2) is 0 Å². The molecule has 288 valence electrons. The average molecular weight is 709 g/mol. The lowest BCUT2D eigenvalue weighted by Crippen LogP contribution is -2.29. The largest absolute Gasteiger partial charge is 0.162 e. The zero-order valence-corrected chi connectivity index (χ0v) is 35.6. The van der Waals surface area contributed by atoms with E-state index in [9.17, 15) is 0 Å². The van der Waals surface area contributed by atoms with Gasteiger partial charge in [-0.05, 0) is 67.1 Å². The molecule has 0 N–H and O–H groups in total. The predicted molar refractivity (Wildman–Crippen MR) is 228 cm³/mol. The lowest BCUT2D eigenvalue weighted by atomic mass is 9.77. The van der Waals surface area contributed by atoms with Crippen molar-refractivity contribution in [3.8, 4) is 0 Å². The van der Waals surface area contributed by atoms with Crippen molar-refractivity contribution in [1.29, 1.82) is 0 Å². The van der Waals surface area contributed by atoms with Crippen molar-refractivity contribution in [2.75, 3.05) is 17.3 Å². The Hall–Kier alpha value is 0.700. The normalized spacial score (nSPS) is 18.9. The first-order valence-electron chi connectivity index (χ1n) is 22.9. The van der Waals surface area contributed by atoms with Crippen molar-refractivity contribution in [3.05, 3.63) is 0 Å². The number of thioether (sulfide) groups is 2. The molecule has 0 aromatic rings. The highest BCUT2D eigenvalue weighted by Gasteiger charge is 2.30. The maximum absolute atomic E-state index is 2.58. The molecule has 1 aliphatic carbocycles. The van der Waals surface area contributed by atoms with Gasteiger partial charge < -0.3 is 0 Å². The van der Waals surface area contributed by atoms with E-state index in [0.29, 0.717) is 0 Å². The second-order valence-electron chi connectivity index (χ2n) is 16.6. The molecular weight excluding hydrogens is 617 g/mol. The van der Waals surface area contributed by atoms with Crippen LogP contribution in [0, 0.1) is 17.8 Å². The third kappa shape index (κ3) is 30.3. The minimum absolute atomic E-state index is 0.919. The van der Waals surface area contributed by atoms with Gasteiger partial charge in [0.25, 0.3) is 0 Å². The van der Waals surface area contributed by atoms with Gasteiger partial charge in [-0.25, -0.2) is 0 Å². The van der Waals surface area contributed by atoms with Gasteiger partial charge in [0.05, 0.1) is 0 Å². The lowest BCUT2D eigenvalue weighted by Gasteiger charge is -2.37. The minimum Gasteiger partial charge on any atom is -0.162 e. The predicted octanol–water partition coefficient (Wildman–Crippen LogP) is 17.4. The minimum atomic E-state index is 0.919. The Morgan fingerprint density at radius 3 is 1.15 bits per heavy atom. The van der Waals surface area contributed by atoms with Crippen LogP contribution in [-0.4, -0.2) is 22.5 Å². The summed E-state index contributed by atoms with van der Waals surface area (Å²) in [6.45, 7) is 9.76. The number of hydrogen-bond donors (Lipinski definition) is 0. The van der Waals surface area contributed by atoms with Gasteiger partial charge in [-0.2, -0.15) is 23.5 Å². The van der Waals surface area contributed by atoms with Crippen molar-refractivity contribution in [2.45, 2.75) is 258 Å². The molecule has 4 atom stereocenters. The highest BCUT2D eigenvalue weighted by atomic mass is 32.2. The topological polar surface area (TPSA) is 0 Å². The van der Waals surface area contributed by atoms with E-state index in [1.165, 1.54) is 242 Å². The van der Waals surface area contributed by atoms with Gasteiger partial charge >= 0.3 is 0 Å². The first kappa shape index (κ1) is 46.7. The molecule has 0 aliphatic heterocycles. The van der Waals surface area contributed by atoms with Crippen LogP contribution in [0.5, 0.6) is 0 Å². The lowest BCUT2D eigenvalue weighted by molar-refractivity contribution is 0.244. The first-order valence-corrected chi connectivity index (χ1v) is 25.1. The number of rotatable bonds is 38. The number of unbranched alkanes of at least 4 members (excludes halogenated alkanes) is 30. The highest BCUT2D eigenvalue weighted by Crippen LogP contribution is 2.40. The van der Waals surface area contributed by atoms with Crippen molar-refractivity contribution >= 4 is 23.5 Å². The van der Waals surface area contributed by atoms with E-state index in [4.69, 9.17) is 0 Å². The summed E-state index contributed by atoms with van der Waals surface area (Å²) in [6, 6.07) is 0. The molecule has 1 saturated carbocycles. The molecule has 0 saturated heterocycles. The van der Waals surface area contributed by atoms with Gasteiger partial charge in [-0.15, -0.1) is 0 Å². The highest BCUT2D eigenvalue weighted by molar-refractivity contribution is 8.00. The molecule has 0 aromatic heterocycles. The Kier molecular flexibility index (Phi) is 36.5. The van der Waals surface area contributed by atoms with Gasteiger partial charge in [-0.1, -0.05) is 220 Å². The Morgan fingerprint density at radius 1 is 0.438 bits per heavy atom. The summed E-state index contributed by atoms with van der Waals surface area (Å²) in [7, 11) is 0. The third-order valence-electron chi connectivity index (χ3n) is 11.8. The van der Waals surface area contributed by atoms with Crippen LogP contribution in [0.3, 0.4) is 0 Å². The van der Waals surface area contributed by atoms with Crippen molar-refractivity contribution < 1.29 is 0 Å². The molecule has 0 aromatic carbocycles. The van der Waals surface area contributed by atoms with Crippen molar-refractivity contribution in [3.63, 3.8) is 0 Å². The zero-order valence-electron chi connectivity index (χ0n) is 34.0. The van der Waals surface area contributed by atoms with E-state index in [0.717, 1.165) is 23.0 Å².